The smallest absolute Gasteiger partial charge is 0.266 e. The van der Waals surface area contributed by atoms with E-state index in [0.717, 1.165) is 5.56 Å². The molecule has 2 aliphatic rings. The molecule has 0 unspecified atom stereocenters. The second-order valence-electron chi connectivity index (χ2n) is 7.08. The number of thioether (sulfide) groups is 1. The minimum absolute atomic E-state index is 0.0472. The lowest BCUT2D eigenvalue weighted by atomic mass is 10.2. The molecule has 2 amide bonds. The molecular formula is C20H24N2O4S3. The van der Waals surface area contributed by atoms with Crippen molar-refractivity contribution in [3.05, 3.63) is 40.8 Å². The number of amides is 2. The summed E-state index contributed by atoms with van der Waals surface area (Å²) >= 11 is 6.62. The monoisotopic (exact) mass is 452 g/mol. The van der Waals surface area contributed by atoms with Crippen LogP contribution in [0.5, 0.6) is 0 Å². The molecule has 1 atom stereocenters. The van der Waals surface area contributed by atoms with Crippen LogP contribution >= 0.6 is 24.0 Å². The third-order valence-electron chi connectivity index (χ3n) is 5.05. The van der Waals surface area contributed by atoms with Crippen molar-refractivity contribution in [2.24, 2.45) is 0 Å². The summed E-state index contributed by atoms with van der Waals surface area (Å²) in [7, 11) is -3.04. The molecule has 2 heterocycles. The van der Waals surface area contributed by atoms with E-state index in [1.54, 1.807) is 9.80 Å². The summed E-state index contributed by atoms with van der Waals surface area (Å²) in [4.78, 5) is 29.0. The summed E-state index contributed by atoms with van der Waals surface area (Å²) in [6.07, 6.45) is 3.07. The van der Waals surface area contributed by atoms with Crippen LogP contribution in [0.4, 0.5) is 0 Å². The highest BCUT2D eigenvalue weighted by Crippen LogP contribution is 2.32. The van der Waals surface area contributed by atoms with E-state index in [0.29, 0.717) is 35.2 Å². The van der Waals surface area contributed by atoms with Gasteiger partial charge in [0.2, 0.25) is 5.91 Å². The molecule has 0 radical (unpaired) electrons. The molecule has 1 aromatic carbocycles. The highest BCUT2D eigenvalue weighted by molar-refractivity contribution is 8.26. The van der Waals surface area contributed by atoms with Crippen molar-refractivity contribution in [3.8, 4) is 0 Å². The van der Waals surface area contributed by atoms with Gasteiger partial charge < -0.3 is 4.90 Å². The first kappa shape index (κ1) is 22.0. The first-order valence-corrected chi connectivity index (χ1v) is 12.7. The van der Waals surface area contributed by atoms with E-state index >= 15 is 0 Å². The Bertz CT molecular complexity index is 928. The van der Waals surface area contributed by atoms with E-state index < -0.39 is 9.84 Å². The lowest BCUT2D eigenvalue weighted by Gasteiger charge is -2.27. The predicted octanol–water partition coefficient (Wildman–Crippen LogP) is 2.70. The summed E-state index contributed by atoms with van der Waals surface area (Å²) in [6, 6.07) is 9.35. The van der Waals surface area contributed by atoms with Crippen LogP contribution in [0.25, 0.3) is 6.08 Å². The molecule has 0 aliphatic carbocycles. The van der Waals surface area contributed by atoms with Crippen molar-refractivity contribution in [1.82, 2.24) is 9.80 Å². The second kappa shape index (κ2) is 9.40. The van der Waals surface area contributed by atoms with E-state index in [4.69, 9.17) is 12.2 Å². The van der Waals surface area contributed by atoms with Gasteiger partial charge in [-0.3, -0.25) is 14.5 Å². The van der Waals surface area contributed by atoms with Gasteiger partial charge in [0.05, 0.1) is 16.4 Å². The second-order valence-corrected chi connectivity index (χ2v) is 11.0. The summed E-state index contributed by atoms with van der Waals surface area (Å²) in [5, 5.41) is 0. The fourth-order valence-corrected chi connectivity index (χ4v) is 6.62. The number of carbonyl (C=O) groups excluding carboxylic acids is 2. The van der Waals surface area contributed by atoms with Gasteiger partial charge in [0, 0.05) is 25.6 Å². The highest BCUT2D eigenvalue weighted by Gasteiger charge is 2.34. The van der Waals surface area contributed by atoms with Crippen LogP contribution in [0.3, 0.4) is 0 Å². The van der Waals surface area contributed by atoms with Crippen LogP contribution in [0, 0.1) is 0 Å². The first-order valence-electron chi connectivity index (χ1n) is 9.61. The minimum atomic E-state index is -3.04. The van der Waals surface area contributed by atoms with E-state index in [-0.39, 0.29) is 35.8 Å². The predicted molar refractivity (Wildman–Crippen MR) is 120 cm³/mol. The number of nitrogens with zero attached hydrogens (tertiary/aromatic N) is 2. The van der Waals surface area contributed by atoms with Gasteiger partial charge in [-0.25, -0.2) is 8.42 Å². The summed E-state index contributed by atoms with van der Waals surface area (Å²) in [6.45, 7) is 2.72. The maximum Gasteiger partial charge on any atom is 0.266 e. The zero-order valence-corrected chi connectivity index (χ0v) is 18.7. The largest absolute Gasteiger partial charge is 0.339 e. The minimum Gasteiger partial charge on any atom is -0.339 e. The summed E-state index contributed by atoms with van der Waals surface area (Å²) in [5.74, 6) is -0.0116. The van der Waals surface area contributed by atoms with Gasteiger partial charge in [0.25, 0.3) is 5.91 Å². The van der Waals surface area contributed by atoms with Crippen LogP contribution in [0.1, 0.15) is 31.7 Å². The standard InChI is InChI=1S/C20H24N2O4S3/c1-2-21(16-10-12-29(25,26)14-16)18(23)9-6-11-22-19(24)17(28-20(22)27)13-15-7-4-3-5-8-15/h3-5,7-8,13,16H,2,6,9-12,14H2,1H3/b17-13-/t16-/m1/s1. The Balaban J connectivity index is 1.54. The Morgan fingerprint density at radius 2 is 2.07 bits per heavy atom. The zero-order valence-electron chi connectivity index (χ0n) is 16.2. The van der Waals surface area contributed by atoms with E-state index in [9.17, 15) is 18.0 Å². The first-order chi connectivity index (χ1) is 13.8. The van der Waals surface area contributed by atoms with Crippen molar-refractivity contribution in [2.45, 2.75) is 32.2 Å². The van der Waals surface area contributed by atoms with E-state index in [2.05, 4.69) is 0 Å². The molecule has 1 aromatic rings. The lowest BCUT2D eigenvalue weighted by molar-refractivity contribution is -0.133. The highest BCUT2D eigenvalue weighted by atomic mass is 32.2. The molecule has 156 valence electrons. The lowest BCUT2D eigenvalue weighted by Crippen LogP contribution is -2.41. The molecule has 0 N–H and O–H groups in total. The SMILES string of the molecule is CCN(C(=O)CCCN1C(=O)/C(=C/c2ccccc2)SC1=S)[C@@H]1CCS(=O)(=O)C1. The molecule has 6 nitrogen and oxygen atoms in total. The summed E-state index contributed by atoms with van der Waals surface area (Å²) < 4.78 is 23.9. The van der Waals surface area contributed by atoms with E-state index in [1.165, 1.54) is 11.8 Å². The maximum atomic E-state index is 12.7. The average molecular weight is 453 g/mol. The Labute approximate surface area is 181 Å². The molecule has 2 fully saturated rings. The quantitative estimate of drug-likeness (QED) is 0.468. The van der Waals surface area contributed by atoms with Crippen LogP contribution in [0.2, 0.25) is 0 Å². The number of sulfone groups is 1. The van der Waals surface area contributed by atoms with Crippen LogP contribution in [-0.4, -0.2) is 65.0 Å². The van der Waals surface area contributed by atoms with Crippen molar-refractivity contribution in [1.29, 1.82) is 0 Å². The van der Waals surface area contributed by atoms with Gasteiger partial charge >= 0.3 is 0 Å². The van der Waals surface area contributed by atoms with E-state index in [1.807, 2.05) is 43.3 Å². The number of hydrogen-bond acceptors (Lipinski definition) is 6. The third-order valence-corrected chi connectivity index (χ3v) is 8.18. The molecule has 0 saturated carbocycles. The zero-order chi connectivity index (χ0) is 21.0. The molecule has 0 aromatic heterocycles. The van der Waals surface area contributed by atoms with Gasteiger partial charge in [0.15, 0.2) is 9.84 Å². The van der Waals surface area contributed by atoms with Crippen LogP contribution in [-0.2, 0) is 19.4 Å². The molecular weight excluding hydrogens is 428 g/mol. The number of rotatable bonds is 7. The number of benzene rings is 1. The number of hydrogen-bond donors (Lipinski definition) is 0. The Kier molecular flexibility index (Phi) is 7.13. The van der Waals surface area contributed by atoms with Crippen molar-refractivity contribution >= 4 is 56.0 Å². The third kappa shape index (κ3) is 5.46. The summed E-state index contributed by atoms with van der Waals surface area (Å²) in [5.41, 5.74) is 0.938. The molecule has 2 saturated heterocycles. The van der Waals surface area contributed by atoms with Crippen molar-refractivity contribution in [3.63, 3.8) is 0 Å². The Morgan fingerprint density at radius 3 is 2.69 bits per heavy atom. The molecule has 0 bridgehead atoms. The fourth-order valence-electron chi connectivity index (χ4n) is 3.58. The normalized spacial score (nSPS) is 22.4. The van der Waals surface area contributed by atoms with Crippen molar-refractivity contribution < 1.29 is 18.0 Å². The van der Waals surface area contributed by atoms with Crippen molar-refractivity contribution in [2.75, 3.05) is 24.6 Å². The number of thiocarbonyl (C=S) groups is 1. The van der Waals surface area contributed by atoms with Crippen LogP contribution < -0.4 is 0 Å². The molecule has 3 rings (SSSR count). The van der Waals surface area contributed by atoms with Crippen LogP contribution in [0.15, 0.2) is 35.2 Å². The topological polar surface area (TPSA) is 74.8 Å². The van der Waals surface area contributed by atoms with Gasteiger partial charge in [-0.1, -0.05) is 54.3 Å². The van der Waals surface area contributed by atoms with Gasteiger partial charge in [-0.2, -0.15) is 0 Å². The maximum absolute atomic E-state index is 12.7. The molecule has 9 heteroatoms. The van der Waals surface area contributed by atoms with Gasteiger partial charge in [0.1, 0.15) is 4.32 Å². The number of carbonyl (C=O) groups is 2. The Hall–Kier alpha value is -1.71. The Morgan fingerprint density at radius 1 is 1.34 bits per heavy atom. The van der Waals surface area contributed by atoms with Gasteiger partial charge in [-0.05, 0) is 31.4 Å². The average Bonchev–Trinajstić information content (AvgIpc) is 3.16. The molecule has 0 spiro atoms. The molecule has 29 heavy (non-hydrogen) atoms. The fraction of sp³-hybridized carbons (Fsp3) is 0.450. The molecule has 2 aliphatic heterocycles. The van der Waals surface area contributed by atoms with Gasteiger partial charge in [-0.15, -0.1) is 0 Å².